The van der Waals surface area contributed by atoms with Crippen LogP contribution in [0.4, 0.5) is 13.2 Å². The Balaban J connectivity index is 1.76. The Hall–Kier alpha value is -1.61. The molecule has 0 bridgehead atoms. The fraction of sp³-hybridized carbons (Fsp3) is 0.417. The van der Waals surface area contributed by atoms with Gasteiger partial charge in [-0.3, -0.25) is 0 Å². The molecule has 2 aromatic rings. The van der Waals surface area contributed by atoms with Crippen molar-refractivity contribution in [1.29, 1.82) is 0 Å². The topological polar surface area (TPSA) is 52.8 Å². The van der Waals surface area contributed by atoms with Crippen molar-refractivity contribution < 1.29 is 17.9 Å². The summed E-state index contributed by atoms with van der Waals surface area (Å²) in [7, 11) is 0. The molecule has 1 aromatic heterocycles. The lowest BCUT2D eigenvalue weighted by Gasteiger charge is -2.07. The van der Waals surface area contributed by atoms with Crippen LogP contribution in [0.2, 0.25) is 0 Å². The highest BCUT2D eigenvalue weighted by atomic mass is 32.2. The van der Waals surface area contributed by atoms with Crippen LogP contribution in [0.3, 0.4) is 0 Å². The standard InChI is InChI=1S/C12H13F3N4OS/c13-12(14,15)9-20-7-4-8-21-11-16-17-18-19(11)10-5-2-1-3-6-10/h1-3,5-6H,4,7-9H2. The molecule has 0 amide bonds. The molecule has 0 radical (unpaired) electrons. The fourth-order valence-electron chi connectivity index (χ4n) is 1.51. The molecule has 5 nitrogen and oxygen atoms in total. The van der Waals surface area contributed by atoms with Gasteiger partial charge in [0.05, 0.1) is 5.69 Å². The molecule has 0 aliphatic carbocycles. The zero-order chi connectivity index (χ0) is 15.1. The maximum Gasteiger partial charge on any atom is 0.411 e. The Morgan fingerprint density at radius 3 is 2.67 bits per heavy atom. The minimum Gasteiger partial charge on any atom is -0.372 e. The van der Waals surface area contributed by atoms with E-state index < -0.39 is 12.8 Å². The van der Waals surface area contributed by atoms with E-state index in [-0.39, 0.29) is 6.61 Å². The maximum atomic E-state index is 11.9. The van der Waals surface area contributed by atoms with Gasteiger partial charge in [-0.05, 0) is 29.0 Å². The van der Waals surface area contributed by atoms with Crippen LogP contribution in [0.1, 0.15) is 6.42 Å². The largest absolute Gasteiger partial charge is 0.411 e. The second-order valence-electron chi connectivity index (χ2n) is 4.08. The first kappa shape index (κ1) is 15.8. The molecule has 1 aromatic carbocycles. The van der Waals surface area contributed by atoms with Crippen LogP contribution < -0.4 is 0 Å². The van der Waals surface area contributed by atoms with Gasteiger partial charge < -0.3 is 4.74 Å². The fourth-order valence-corrected chi connectivity index (χ4v) is 2.32. The second kappa shape index (κ2) is 7.41. The van der Waals surface area contributed by atoms with Crippen LogP contribution in [0, 0.1) is 0 Å². The molecule has 0 N–H and O–H groups in total. The van der Waals surface area contributed by atoms with Gasteiger partial charge >= 0.3 is 6.18 Å². The van der Waals surface area contributed by atoms with Gasteiger partial charge in [0.15, 0.2) is 0 Å². The number of para-hydroxylation sites is 1. The van der Waals surface area contributed by atoms with E-state index in [1.54, 1.807) is 4.68 Å². The Morgan fingerprint density at radius 1 is 1.19 bits per heavy atom. The zero-order valence-corrected chi connectivity index (χ0v) is 11.8. The van der Waals surface area contributed by atoms with Gasteiger partial charge in [-0.25, -0.2) is 0 Å². The number of nitrogens with zero attached hydrogens (tertiary/aromatic N) is 4. The van der Waals surface area contributed by atoms with Gasteiger partial charge in [-0.15, -0.1) is 5.10 Å². The quantitative estimate of drug-likeness (QED) is 0.580. The van der Waals surface area contributed by atoms with E-state index in [1.807, 2.05) is 30.3 Å². The number of ether oxygens (including phenoxy) is 1. The Kier molecular flexibility index (Phi) is 5.57. The molecule has 0 aliphatic heterocycles. The van der Waals surface area contributed by atoms with Crippen molar-refractivity contribution in [2.24, 2.45) is 0 Å². The number of tetrazole rings is 1. The van der Waals surface area contributed by atoms with Crippen molar-refractivity contribution in [3.63, 3.8) is 0 Å². The summed E-state index contributed by atoms with van der Waals surface area (Å²) in [6.07, 6.45) is -3.78. The van der Waals surface area contributed by atoms with E-state index in [4.69, 9.17) is 0 Å². The van der Waals surface area contributed by atoms with Crippen LogP contribution >= 0.6 is 11.8 Å². The molecule has 21 heavy (non-hydrogen) atoms. The van der Waals surface area contributed by atoms with Gasteiger partial charge in [0.25, 0.3) is 0 Å². The number of rotatable bonds is 7. The monoisotopic (exact) mass is 318 g/mol. The van der Waals surface area contributed by atoms with Crippen molar-refractivity contribution in [3.8, 4) is 5.69 Å². The number of hydrogen-bond donors (Lipinski definition) is 0. The average Bonchev–Trinajstić information content (AvgIpc) is 2.91. The molecule has 0 aliphatic rings. The van der Waals surface area contributed by atoms with Gasteiger partial charge in [0, 0.05) is 12.4 Å². The summed E-state index contributed by atoms with van der Waals surface area (Å²) in [4.78, 5) is 0. The van der Waals surface area contributed by atoms with Crippen LogP contribution in [0.5, 0.6) is 0 Å². The van der Waals surface area contributed by atoms with Gasteiger partial charge in [0.1, 0.15) is 6.61 Å². The first-order valence-corrected chi connectivity index (χ1v) is 7.16. The van der Waals surface area contributed by atoms with E-state index in [1.165, 1.54) is 11.8 Å². The minimum absolute atomic E-state index is 0.0550. The predicted octanol–water partition coefficient (Wildman–Crippen LogP) is 2.72. The van der Waals surface area contributed by atoms with Gasteiger partial charge in [-0.2, -0.15) is 17.9 Å². The van der Waals surface area contributed by atoms with Crippen LogP contribution in [-0.2, 0) is 4.74 Å². The smallest absolute Gasteiger partial charge is 0.372 e. The SMILES string of the molecule is FC(F)(F)COCCCSc1nnnn1-c1ccccc1. The molecule has 0 saturated carbocycles. The molecule has 0 spiro atoms. The second-order valence-corrected chi connectivity index (χ2v) is 5.14. The lowest BCUT2D eigenvalue weighted by molar-refractivity contribution is -0.173. The van der Waals surface area contributed by atoms with Crippen molar-refractivity contribution >= 4 is 11.8 Å². The summed E-state index contributed by atoms with van der Waals surface area (Å²) in [6, 6.07) is 9.37. The molecule has 9 heteroatoms. The third-order valence-corrected chi connectivity index (χ3v) is 3.38. The van der Waals surface area contributed by atoms with Crippen molar-refractivity contribution in [3.05, 3.63) is 30.3 Å². The Labute approximate surface area is 123 Å². The number of benzene rings is 1. The third kappa shape index (κ3) is 5.35. The summed E-state index contributed by atoms with van der Waals surface area (Å²) in [5.74, 6) is 0.574. The van der Waals surface area contributed by atoms with E-state index >= 15 is 0 Å². The molecule has 114 valence electrons. The maximum absolute atomic E-state index is 11.9. The number of hydrogen-bond acceptors (Lipinski definition) is 5. The highest BCUT2D eigenvalue weighted by Crippen LogP contribution is 2.19. The zero-order valence-electron chi connectivity index (χ0n) is 11.0. The molecule has 1 heterocycles. The predicted molar refractivity (Wildman–Crippen MR) is 71.4 cm³/mol. The van der Waals surface area contributed by atoms with Crippen LogP contribution in [-0.4, -0.2) is 45.4 Å². The molecule has 0 saturated heterocycles. The Bertz CT molecular complexity index is 547. The minimum atomic E-state index is -4.27. The normalized spacial score (nSPS) is 11.8. The molecule has 0 unspecified atom stereocenters. The third-order valence-electron chi connectivity index (χ3n) is 2.37. The number of aromatic nitrogens is 4. The number of halogens is 3. The molecular weight excluding hydrogens is 305 g/mol. The average molecular weight is 318 g/mol. The van der Waals surface area contributed by atoms with E-state index in [0.29, 0.717) is 17.3 Å². The summed E-state index contributed by atoms with van der Waals surface area (Å²) in [5.41, 5.74) is 0.832. The van der Waals surface area contributed by atoms with Crippen molar-refractivity contribution in [1.82, 2.24) is 20.2 Å². The first-order chi connectivity index (χ1) is 10.1. The van der Waals surface area contributed by atoms with Gasteiger partial charge in [0.2, 0.25) is 5.16 Å². The first-order valence-electron chi connectivity index (χ1n) is 6.17. The summed E-state index contributed by atoms with van der Waals surface area (Å²) >= 11 is 1.37. The molecule has 0 atom stereocenters. The lowest BCUT2D eigenvalue weighted by Crippen LogP contribution is -2.17. The van der Waals surface area contributed by atoms with Crippen molar-refractivity contribution in [2.75, 3.05) is 19.0 Å². The Morgan fingerprint density at radius 2 is 1.95 bits per heavy atom. The van der Waals surface area contributed by atoms with E-state index in [2.05, 4.69) is 20.3 Å². The number of alkyl halides is 3. The van der Waals surface area contributed by atoms with Crippen LogP contribution in [0.15, 0.2) is 35.5 Å². The summed E-state index contributed by atoms with van der Waals surface area (Å²) < 4.78 is 41.7. The molecule has 0 fully saturated rings. The van der Waals surface area contributed by atoms with Crippen LogP contribution in [0.25, 0.3) is 5.69 Å². The number of thioether (sulfide) groups is 1. The van der Waals surface area contributed by atoms with E-state index in [0.717, 1.165) is 5.69 Å². The lowest BCUT2D eigenvalue weighted by atomic mass is 10.3. The summed E-state index contributed by atoms with van der Waals surface area (Å²) in [5, 5.41) is 12.0. The summed E-state index contributed by atoms with van der Waals surface area (Å²) in [6.45, 7) is -1.15. The molecular formula is C12H13F3N4OS. The van der Waals surface area contributed by atoms with Gasteiger partial charge in [-0.1, -0.05) is 30.0 Å². The van der Waals surface area contributed by atoms with Crippen molar-refractivity contribution in [2.45, 2.75) is 17.8 Å². The molecule has 2 rings (SSSR count). The highest BCUT2D eigenvalue weighted by Gasteiger charge is 2.27. The van der Waals surface area contributed by atoms with E-state index in [9.17, 15) is 13.2 Å². The highest BCUT2D eigenvalue weighted by molar-refractivity contribution is 7.99.